The molecule has 19 heavy (non-hydrogen) atoms. The number of carboxylic acids is 1. The number of pyridine rings is 1. The molecule has 0 amide bonds. The molecular formula is C13H14N4O2. The molecule has 0 radical (unpaired) electrons. The van der Waals surface area contributed by atoms with E-state index in [1.54, 1.807) is 12.4 Å². The molecule has 1 aliphatic heterocycles. The summed E-state index contributed by atoms with van der Waals surface area (Å²) in [6.07, 6.45) is 3.23. The summed E-state index contributed by atoms with van der Waals surface area (Å²) in [4.78, 5) is 25.9. The first-order valence-corrected chi connectivity index (χ1v) is 6.20. The van der Waals surface area contributed by atoms with Crippen molar-refractivity contribution in [3.63, 3.8) is 0 Å². The molecule has 6 nitrogen and oxygen atoms in total. The Balaban J connectivity index is 1.91. The summed E-state index contributed by atoms with van der Waals surface area (Å²) in [5.74, 6) is -0.185. The first kappa shape index (κ1) is 11.8. The van der Waals surface area contributed by atoms with Gasteiger partial charge in [0.2, 0.25) is 0 Å². The molecule has 1 aliphatic rings. The van der Waals surface area contributed by atoms with E-state index in [9.17, 15) is 4.79 Å². The van der Waals surface area contributed by atoms with Crippen molar-refractivity contribution < 1.29 is 9.90 Å². The highest BCUT2D eigenvalue weighted by Crippen LogP contribution is 2.27. The first-order chi connectivity index (χ1) is 9.15. The minimum atomic E-state index is -0.740. The second kappa shape index (κ2) is 4.46. The van der Waals surface area contributed by atoms with E-state index in [4.69, 9.17) is 5.11 Å². The minimum Gasteiger partial charge on any atom is -0.481 e. The Morgan fingerprint density at radius 2 is 2.11 bits per heavy atom. The van der Waals surface area contributed by atoms with Gasteiger partial charge in [0.15, 0.2) is 5.65 Å². The van der Waals surface area contributed by atoms with E-state index >= 15 is 0 Å². The number of carbonyl (C=O) groups is 1. The van der Waals surface area contributed by atoms with Crippen LogP contribution in [-0.2, 0) is 4.79 Å². The standard InChI is InChI=1S/C13H14N4O2/c1-8-6-17(7-9(8)13(18)19)11-3-2-10-12(16-11)15-5-4-14-10/h2-5,8-9H,6-7H2,1H3,(H,18,19). The van der Waals surface area contributed by atoms with Crippen LogP contribution in [-0.4, -0.2) is 39.1 Å². The lowest BCUT2D eigenvalue weighted by Crippen LogP contribution is -2.23. The molecule has 98 valence electrons. The molecular weight excluding hydrogens is 244 g/mol. The zero-order chi connectivity index (χ0) is 13.4. The highest BCUT2D eigenvalue weighted by Gasteiger charge is 2.35. The Kier molecular flexibility index (Phi) is 2.77. The van der Waals surface area contributed by atoms with Crippen molar-refractivity contribution in [2.45, 2.75) is 6.92 Å². The molecule has 0 aliphatic carbocycles. The van der Waals surface area contributed by atoms with Crippen molar-refractivity contribution in [3.8, 4) is 0 Å². The number of hydrogen-bond donors (Lipinski definition) is 1. The van der Waals surface area contributed by atoms with Gasteiger partial charge in [-0.2, -0.15) is 0 Å². The molecule has 0 saturated carbocycles. The van der Waals surface area contributed by atoms with Gasteiger partial charge in [0, 0.05) is 25.5 Å². The predicted molar refractivity (Wildman–Crippen MR) is 69.8 cm³/mol. The molecule has 0 aromatic carbocycles. The number of rotatable bonds is 2. The summed E-state index contributed by atoms with van der Waals surface area (Å²) in [6, 6.07) is 3.73. The van der Waals surface area contributed by atoms with Gasteiger partial charge < -0.3 is 10.0 Å². The van der Waals surface area contributed by atoms with Gasteiger partial charge in [0.25, 0.3) is 0 Å². The molecule has 2 aromatic heterocycles. The van der Waals surface area contributed by atoms with E-state index in [0.717, 1.165) is 11.3 Å². The molecule has 2 atom stereocenters. The van der Waals surface area contributed by atoms with Gasteiger partial charge in [-0.1, -0.05) is 6.92 Å². The molecule has 0 bridgehead atoms. The van der Waals surface area contributed by atoms with Crippen LogP contribution in [0.3, 0.4) is 0 Å². The second-order valence-corrected chi connectivity index (χ2v) is 4.90. The lowest BCUT2D eigenvalue weighted by atomic mass is 9.99. The third kappa shape index (κ3) is 2.09. The highest BCUT2D eigenvalue weighted by molar-refractivity contribution is 5.74. The summed E-state index contributed by atoms with van der Waals surface area (Å²) >= 11 is 0. The van der Waals surface area contributed by atoms with Crippen molar-refractivity contribution in [1.82, 2.24) is 15.0 Å². The van der Waals surface area contributed by atoms with Crippen LogP contribution in [0.25, 0.3) is 11.2 Å². The van der Waals surface area contributed by atoms with Crippen LogP contribution in [0.5, 0.6) is 0 Å². The van der Waals surface area contributed by atoms with Gasteiger partial charge >= 0.3 is 5.97 Å². The fraction of sp³-hybridized carbons (Fsp3) is 0.385. The van der Waals surface area contributed by atoms with Crippen molar-refractivity contribution in [2.24, 2.45) is 11.8 Å². The van der Waals surface area contributed by atoms with Gasteiger partial charge in [-0.3, -0.25) is 9.78 Å². The molecule has 6 heteroatoms. The van der Waals surface area contributed by atoms with Gasteiger partial charge in [0.1, 0.15) is 11.3 Å². The minimum absolute atomic E-state index is 0.122. The Morgan fingerprint density at radius 3 is 2.84 bits per heavy atom. The zero-order valence-electron chi connectivity index (χ0n) is 10.5. The molecule has 0 spiro atoms. The Labute approximate surface area is 110 Å². The van der Waals surface area contributed by atoms with E-state index in [1.807, 2.05) is 24.0 Å². The second-order valence-electron chi connectivity index (χ2n) is 4.90. The number of hydrogen-bond acceptors (Lipinski definition) is 5. The van der Waals surface area contributed by atoms with E-state index in [1.165, 1.54) is 0 Å². The Bertz CT molecular complexity index is 631. The number of nitrogens with zero attached hydrogens (tertiary/aromatic N) is 4. The molecule has 3 heterocycles. The van der Waals surface area contributed by atoms with Gasteiger partial charge in [0.05, 0.1) is 5.92 Å². The monoisotopic (exact) mass is 258 g/mol. The number of carboxylic acid groups (broad SMARTS) is 1. The van der Waals surface area contributed by atoms with E-state index in [-0.39, 0.29) is 11.8 Å². The maximum Gasteiger partial charge on any atom is 0.308 e. The van der Waals surface area contributed by atoms with Crippen LogP contribution < -0.4 is 4.90 Å². The number of fused-ring (bicyclic) bond motifs is 1. The number of anilines is 1. The Hall–Kier alpha value is -2.24. The first-order valence-electron chi connectivity index (χ1n) is 6.20. The summed E-state index contributed by atoms with van der Waals surface area (Å²) in [5, 5.41) is 9.15. The SMILES string of the molecule is CC1CN(c2ccc3nccnc3n2)CC1C(=O)O. The number of aliphatic carboxylic acids is 1. The van der Waals surface area contributed by atoms with Crippen molar-refractivity contribution in [1.29, 1.82) is 0 Å². The summed E-state index contributed by atoms with van der Waals surface area (Å²) in [7, 11) is 0. The van der Waals surface area contributed by atoms with Crippen LogP contribution in [0, 0.1) is 11.8 Å². The van der Waals surface area contributed by atoms with Crippen molar-refractivity contribution in [2.75, 3.05) is 18.0 Å². The zero-order valence-corrected chi connectivity index (χ0v) is 10.5. The topological polar surface area (TPSA) is 79.2 Å². The third-order valence-corrected chi connectivity index (χ3v) is 3.57. The molecule has 1 fully saturated rings. The van der Waals surface area contributed by atoms with Crippen LogP contribution in [0.2, 0.25) is 0 Å². The molecule has 1 saturated heterocycles. The molecule has 1 N–H and O–H groups in total. The Morgan fingerprint density at radius 1 is 1.32 bits per heavy atom. The molecule has 2 aromatic rings. The molecule has 2 unspecified atom stereocenters. The maximum absolute atomic E-state index is 11.1. The largest absolute Gasteiger partial charge is 0.481 e. The van der Waals surface area contributed by atoms with Crippen molar-refractivity contribution in [3.05, 3.63) is 24.5 Å². The lowest BCUT2D eigenvalue weighted by molar-refractivity contribution is -0.142. The maximum atomic E-state index is 11.1. The lowest BCUT2D eigenvalue weighted by Gasteiger charge is -2.16. The van der Waals surface area contributed by atoms with Crippen LogP contribution >= 0.6 is 0 Å². The van der Waals surface area contributed by atoms with Crippen LogP contribution in [0.15, 0.2) is 24.5 Å². The third-order valence-electron chi connectivity index (χ3n) is 3.57. The normalized spacial score (nSPS) is 22.9. The average molecular weight is 258 g/mol. The van der Waals surface area contributed by atoms with Crippen LogP contribution in [0.1, 0.15) is 6.92 Å². The molecule has 3 rings (SSSR count). The van der Waals surface area contributed by atoms with E-state index < -0.39 is 5.97 Å². The average Bonchev–Trinajstić information content (AvgIpc) is 2.80. The quantitative estimate of drug-likeness (QED) is 0.871. The van der Waals surface area contributed by atoms with Gasteiger partial charge in [-0.25, -0.2) is 9.97 Å². The van der Waals surface area contributed by atoms with E-state index in [2.05, 4.69) is 15.0 Å². The van der Waals surface area contributed by atoms with Crippen molar-refractivity contribution >= 4 is 23.0 Å². The van der Waals surface area contributed by atoms with Gasteiger partial charge in [-0.15, -0.1) is 0 Å². The summed E-state index contributed by atoms with van der Waals surface area (Å²) in [5.41, 5.74) is 1.33. The smallest absolute Gasteiger partial charge is 0.308 e. The fourth-order valence-corrected chi connectivity index (χ4v) is 2.50. The fourth-order valence-electron chi connectivity index (χ4n) is 2.50. The number of aromatic nitrogens is 3. The predicted octanol–water partition coefficient (Wildman–Crippen LogP) is 1.18. The van der Waals surface area contributed by atoms with Gasteiger partial charge in [-0.05, 0) is 18.1 Å². The highest BCUT2D eigenvalue weighted by atomic mass is 16.4. The van der Waals surface area contributed by atoms with Crippen LogP contribution in [0.4, 0.5) is 5.82 Å². The summed E-state index contributed by atoms with van der Waals surface area (Å²) < 4.78 is 0. The summed E-state index contributed by atoms with van der Waals surface area (Å²) in [6.45, 7) is 3.16. The van der Waals surface area contributed by atoms with E-state index in [0.29, 0.717) is 18.7 Å².